The minimum absolute atomic E-state index is 0.0711. The van der Waals surface area contributed by atoms with Crippen molar-refractivity contribution in [2.24, 2.45) is 5.16 Å². The van der Waals surface area contributed by atoms with E-state index in [0.29, 0.717) is 17.2 Å². The van der Waals surface area contributed by atoms with E-state index >= 15 is 0 Å². The third-order valence-corrected chi connectivity index (χ3v) is 4.22. The lowest BCUT2D eigenvalue weighted by Gasteiger charge is -2.08. The molecular formula is C17H12ClFN8O2. The largest absolute Gasteiger partial charge is 0.409 e. The summed E-state index contributed by atoms with van der Waals surface area (Å²) in [4.78, 5) is 0. The van der Waals surface area contributed by atoms with Gasteiger partial charge >= 0.3 is 0 Å². The van der Waals surface area contributed by atoms with Crippen LogP contribution in [0.4, 0.5) is 10.1 Å². The van der Waals surface area contributed by atoms with E-state index in [4.69, 9.17) is 16.2 Å². The molecule has 0 atom stereocenters. The molecule has 0 bridgehead atoms. The van der Waals surface area contributed by atoms with Gasteiger partial charge in [0.25, 0.3) is 0 Å². The molecule has 0 aliphatic rings. The fraction of sp³-hybridized carbons (Fsp3) is 0.0588. The van der Waals surface area contributed by atoms with Crippen LogP contribution in [0.2, 0.25) is 5.02 Å². The number of anilines is 1. The second-order valence-electron chi connectivity index (χ2n) is 5.79. The molecular weight excluding hydrogens is 403 g/mol. The van der Waals surface area contributed by atoms with Gasteiger partial charge in [-0.2, -0.15) is 0 Å². The Morgan fingerprint density at radius 1 is 1.21 bits per heavy atom. The highest BCUT2D eigenvalue weighted by atomic mass is 35.5. The van der Waals surface area contributed by atoms with E-state index in [0.717, 1.165) is 5.56 Å². The van der Waals surface area contributed by atoms with Gasteiger partial charge in [-0.05, 0) is 33.8 Å². The maximum Gasteiger partial charge on any atom is 0.201 e. The van der Waals surface area contributed by atoms with Crippen molar-refractivity contribution < 1.29 is 14.2 Å². The highest BCUT2D eigenvalue weighted by molar-refractivity contribution is 6.31. The van der Waals surface area contributed by atoms with Crippen LogP contribution in [0.5, 0.6) is 0 Å². The number of amidine groups is 1. The smallest absolute Gasteiger partial charge is 0.201 e. The highest BCUT2D eigenvalue weighted by Gasteiger charge is 2.20. The standard InChI is InChI=1S/C17H12ClFN8O2/c18-12-8-11(6-7-13(12)19)20-16(22-28)15-14(23-29-24-15)9-27-17(21-25-26-27)10-4-2-1-3-5-10/h1-8,28H,9H2,(H,20,22). The molecule has 0 saturated carbocycles. The van der Waals surface area contributed by atoms with Gasteiger partial charge in [0, 0.05) is 11.3 Å². The van der Waals surface area contributed by atoms with E-state index in [1.54, 1.807) is 0 Å². The zero-order valence-corrected chi connectivity index (χ0v) is 15.3. The molecule has 146 valence electrons. The number of oxime groups is 1. The van der Waals surface area contributed by atoms with Gasteiger partial charge in [0.2, 0.25) is 5.84 Å². The van der Waals surface area contributed by atoms with Crippen molar-refractivity contribution in [3.63, 3.8) is 0 Å². The molecule has 4 aromatic rings. The third kappa shape index (κ3) is 3.89. The topological polar surface area (TPSA) is 127 Å². The molecule has 12 heteroatoms. The summed E-state index contributed by atoms with van der Waals surface area (Å²) in [5.41, 5.74) is 1.63. The van der Waals surface area contributed by atoms with Crippen LogP contribution in [0.15, 0.2) is 58.3 Å². The number of tetrazole rings is 1. The summed E-state index contributed by atoms with van der Waals surface area (Å²) in [6.45, 7) is 0.0981. The van der Waals surface area contributed by atoms with Gasteiger partial charge in [0.1, 0.15) is 11.5 Å². The maximum absolute atomic E-state index is 13.3. The lowest BCUT2D eigenvalue weighted by Crippen LogP contribution is -2.18. The minimum atomic E-state index is -0.574. The van der Waals surface area contributed by atoms with Gasteiger partial charge in [-0.1, -0.05) is 52.2 Å². The van der Waals surface area contributed by atoms with Crippen molar-refractivity contribution >= 4 is 23.1 Å². The molecule has 0 fully saturated rings. The second-order valence-corrected chi connectivity index (χ2v) is 6.20. The summed E-state index contributed by atoms with van der Waals surface area (Å²) >= 11 is 5.78. The molecule has 0 amide bonds. The SMILES string of the molecule is O/N=C(/Nc1ccc(F)c(Cl)c1)c1nonc1Cn1nnnc1-c1ccccc1. The Balaban J connectivity index is 1.60. The number of rotatable bonds is 5. The number of nitrogens with one attached hydrogen (secondary N) is 1. The number of hydrogen-bond acceptors (Lipinski definition) is 8. The second kappa shape index (κ2) is 8.02. The predicted octanol–water partition coefficient (Wildman–Crippen LogP) is 2.81. The van der Waals surface area contributed by atoms with Crippen LogP contribution < -0.4 is 5.32 Å². The quantitative estimate of drug-likeness (QED) is 0.221. The fourth-order valence-electron chi connectivity index (χ4n) is 2.58. The lowest BCUT2D eigenvalue weighted by atomic mass is 10.2. The zero-order valence-electron chi connectivity index (χ0n) is 14.6. The van der Waals surface area contributed by atoms with Crippen molar-refractivity contribution in [2.75, 3.05) is 5.32 Å². The summed E-state index contributed by atoms with van der Waals surface area (Å²) in [5, 5.41) is 34.6. The van der Waals surface area contributed by atoms with Crippen molar-refractivity contribution in [2.45, 2.75) is 6.54 Å². The van der Waals surface area contributed by atoms with Crippen LogP contribution >= 0.6 is 11.6 Å². The molecule has 0 spiro atoms. The summed E-state index contributed by atoms with van der Waals surface area (Å²) < 4.78 is 19.7. The van der Waals surface area contributed by atoms with Crippen LogP contribution in [0.1, 0.15) is 11.4 Å². The van der Waals surface area contributed by atoms with Crippen molar-refractivity contribution in [1.82, 2.24) is 30.5 Å². The van der Waals surface area contributed by atoms with E-state index in [2.05, 4.69) is 36.3 Å². The van der Waals surface area contributed by atoms with Gasteiger partial charge in [0.15, 0.2) is 11.5 Å². The first-order valence-corrected chi connectivity index (χ1v) is 8.61. The van der Waals surface area contributed by atoms with Crippen LogP contribution in [-0.2, 0) is 6.54 Å². The van der Waals surface area contributed by atoms with Gasteiger partial charge in [-0.15, -0.1) is 5.10 Å². The monoisotopic (exact) mass is 414 g/mol. The van der Waals surface area contributed by atoms with Crippen LogP contribution in [0, 0.1) is 5.82 Å². The van der Waals surface area contributed by atoms with Gasteiger partial charge in [-0.3, -0.25) is 0 Å². The Bertz CT molecular complexity index is 1160. The van der Waals surface area contributed by atoms with E-state index in [9.17, 15) is 9.60 Å². The van der Waals surface area contributed by atoms with Crippen LogP contribution in [-0.4, -0.2) is 41.6 Å². The number of aromatic nitrogens is 6. The summed E-state index contributed by atoms with van der Waals surface area (Å²) in [6.07, 6.45) is 0. The number of benzene rings is 2. The molecule has 0 aliphatic carbocycles. The molecule has 2 heterocycles. The molecule has 2 aromatic carbocycles. The minimum Gasteiger partial charge on any atom is -0.409 e. The third-order valence-electron chi connectivity index (χ3n) is 3.93. The van der Waals surface area contributed by atoms with Crippen molar-refractivity contribution in [3.8, 4) is 11.4 Å². The first kappa shape index (κ1) is 18.5. The number of hydrogen-bond donors (Lipinski definition) is 2. The Kier molecular flexibility index (Phi) is 5.12. The maximum atomic E-state index is 13.3. The van der Waals surface area contributed by atoms with E-state index in [1.807, 2.05) is 30.3 Å². The van der Waals surface area contributed by atoms with Crippen LogP contribution in [0.25, 0.3) is 11.4 Å². The number of nitrogens with zero attached hydrogens (tertiary/aromatic N) is 7. The molecule has 10 nitrogen and oxygen atoms in total. The Morgan fingerprint density at radius 3 is 2.79 bits per heavy atom. The summed E-state index contributed by atoms with van der Waals surface area (Å²) in [5.74, 6) is -0.130. The summed E-state index contributed by atoms with van der Waals surface area (Å²) in [6, 6.07) is 13.3. The average Bonchev–Trinajstić information content (AvgIpc) is 3.39. The molecule has 2 N–H and O–H groups in total. The lowest BCUT2D eigenvalue weighted by molar-refractivity contribution is 0.300. The Hall–Kier alpha value is -3.86. The first-order chi connectivity index (χ1) is 14.2. The Labute approximate surface area is 167 Å². The van der Waals surface area contributed by atoms with Crippen molar-refractivity contribution in [1.29, 1.82) is 0 Å². The van der Waals surface area contributed by atoms with Gasteiger partial charge in [0.05, 0.1) is 11.6 Å². The van der Waals surface area contributed by atoms with Gasteiger partial charge < -0.3 is 10.5 Å². The van der Waals surface area contributed by atoms with E-state index in [-0.39, 0.29) is 23.1 Å². The Morgan fingerprint density at radius 2 is 2.03 bits per heavy atom. The van der Waals surface area contributed by atoms with Crippen molar-refractivity contribution in [3.05, 3.63) is 70.8 Å². The molecule has 29 heavy (non-hydrogen) atoms. The molecule has 0 aliphatic heterocycles. The summed E-state index contributed by atoms with van der Waals surface area (Å²) in [7, 11) is 0. The average molecular weight is 415 g/mol. The zero-order chi connectivity index (χ0) is 20.2. The fourth-order valence-corrected chi connectivity index (χ4v) is 2.76. The van der Waals surface area contributed by atoms with Crippen LogP contribution in [0.3, 0.4) is 0 Å². The first-order valence-electron chi connectivity index (χ1n) is 8.23. The number of halogens is 2. The van der Waals surface area contributed by atoms with Gasteiger partial charge in [-0.25, -0.2) is 13.7 Å². The predicted molar refractivity (Wildman–Crippen MR) is 100 cm³/mol. The molecule has 0 unspecified atom stereocenters. The molecule has 2 aromatic heterocycles. The highest BCUT2D eigenvalue weighted by Crippen LogP contribution is 2.21. The molecule has 4 rings (SSSR count). The normalized spacial score (nSPS) is 11.6. The molecule has 0 radical (unpaired) electrons. The van der Waals surface area contributed by atoms with E-state index in [1.165, 1.54) is 22.9 Å². The molecule has 0 saturated heterocycles. The van der Waals surface area contributed by atoms with E-state index < -0.39 is 5.82 Å².